The lowest BCUT2D eigenvalue weighted by atomic mass is 10.1. The van der Waals surface area contributed by atoms with E-state index in [0.717, 1.165) is 0 Å². The van der Waals surface area contributed by atoms with Gasteiger partial charge in [-0.2, -0.15) is 11.4 Å². The first-order valence-corrected chi connectivity index (χ1v) is 3.29. The molecule has 0 heterocycles. The van der Waals surface area contributed by atoms with Crippen molar-refractivity contribution >= 4 is 0 Å². The zero-order chi connectivity index (χ0) is 9.78. The SMILES string of the molecule is CC(N)C(N)(CN(N)[O-])NON. The quantitative estimate of drug-likeness (QED) is 0.171. The van der Waals surface area contributed by atoms with Crippen molar-refractivity contribution in [3.8, 4) is 0 Å². The Kier molecular flexibility index (Phi) is 4.52. The van der Waals surface area contributed by atoms with E-state index < -0.39 is 11.7 Å². The van der Waals surface area contributed by atoms with Crippen molar-refractivity contribution < 1.29 is 4.94 Å². The molecule has 0 saturated carbocycles. The highest BCUT2D eigenvalue weighted by atomic mass is 16.8. The minimum Gasteiger partial charge on any atom is -0.772 e. The molecule has 0 saturated heterocycles. The van der Waals surface area contributed by atoms with Crippen LogP contribution < -0.4 is 28.7 Å². The highest BCUT2D eigenvalue weighted by Crippen LogP contribution is 2.00. The number of nitrogens with zero attached hydrogens (tertiary/aromatic N) is 1. The van der Waals surface area contributed by atoms with Crippen molar-refractivity contribution in [2.75, 3.05) is 6.54 Å². The third-order valence-electron chi connectivity index (χ3n) is 1.48. The lowest BCUT2D eigenvalue weighted by molar-refractivity contribution is -0.0398. The van der Waals surface area contributed by atoms with Gasteiger partial charge >= 0.3 is 0 Å². The summed E-state index contributed by atoms with van der Waals surface area (Å²) in [6.07, 6.45) is 0. The maximum absolute atomic E-state index is 10.5. The molecular formula is C4H15N6O2-. The summed E-state index contributed by atoms with van der Waals surface area (Å²) < 4.78 is 0. The second-order valence-corrected chi connectivity index (χ2v) is 2.62. The molecule has 0 aliphatic heterocycles. The molecule has 0 rings (SSSR count). The van der Waals surface area contributed by atoms with Crippen LogP contribution >= 0.6 is 0 Å². The average Bonchev–Trinajstić information content (AvgIpc) is 1.85. The number of hydrogen-bond acceptors (Lipinski definition) is 8. The van der Waals surface area contributed by atoms with E-state index >= 15 is 0 Å². The molecule has 12 heavy (non-hydrogen) atoms. The van der Waals surface area contributed by atoms with Gasteiger partial charge in [-0.1, -0.05) is 0 Å². The Morgan fingerprint density at radius 3 is 2.50 bits per heavy atom. The van der Waals surface area contributed by atoms with E-state index in [-0.39, 0.29) is 11.7 Å². The Morgan fingerprint density at radius 2 is 2.25 bits per heavy atom. The Bertz CT molecular complexity index is 131. The lowest BCUT2D eigenvalue weighted by Gasteiger charge is -2.38. The molecule has 0 amide bonds. The van der Waals surface area contributed by atoms with Gasteiger partial charge in [0.15, 0.2) is 0 Å². The maximum atomic E-state index is 10.5. The standard InChI is InChI=1S/C4H15N6O2/c1-3(5)4(6,9-12-8)2-10(7)11/h3,9H,2,5-8H2,1H3/q-1. The minimum absolute atomic E-state index is 0.148. The summed E-state index contributed by atoms with van der Waals surface area (Å²) in [5.74, 6) is 9.57. The predicted octanol–water partition coefficient (Wildman–Crippen LogP) is -2.94. The summed E-state index contributed by atoms with van der Waals surface area (Å²) in [6, 6.07) is -0.541. The fourth-order valence-corrected chi connectivity index (χ4v) is 0.637. The number of hydroxylamine groups is 2. The summed E-state index contributed by atoms with van der Waals surface area (Å²) in [7, 11) is 0. The molecular weight excluding hydrogens is 164 g/mol. The Labute approximate surface area is 70.2 Å². The van der Waals surface area contributed by atoms with Gasteiger partial charge in [-0.3, -0.25) is 5.84 Å². The molecule has 0 aliphatic carbocycles. The van der Waals surface area contributed by atoms with E-state index in [0.29, 0.717) is 0 Å². The summed E-state index contributed by atoms with van der Waals surface area (Å²) in [6.45, 7) is 1.36. The van der Waals surface area contributed by atoms with E-state index in [2.05, 4.69) is 10.4 Å². The molecule has 0 fully saturated rings. The molecule has 8 heteroatoms. The summed E-state index contributed by atoms with van der Waals surface area (Å²) in [5.41, 5.74) is 12.0. The van der Waals surface area contributed by atoms with Crippen LogP contribution in [0.3, 0.4) is 0 Å². The minimum atomic E-state index is -1.26. The van der Waals surface area contributed by atoms with Crippen LogP contribution in [-0.2, 0) is 4.94 Å². The summed E-state index contributed by atoms with van der Waals surface area (Å²) in [5, 5.41) is 10.6. The van der Waals surface area contributed by atoms with E-state index in [1.807, 2.05) is 0 Å². The number of nitrogens with two attached hydrogens (primary N) is 4. The third kappa shape index (κ3) is 3.38. The fourth-order valence-electron chi connectivity index (χ4n) is 0.637. The lowest BCUT2D eigenvalue weighted by Crippen LogP contribution is -2.69. The number of hydrazine groups is 1. The normalized spacial score (nSPS) is 19.2. The first-order chi connectivity index (χ1) is 5.42. The van der Waals surface area contributed by atoms with Gasteiger partial charge in [-0.25, -0.2) is 4.94 Å². The van der Waals surface area contributed by atoms with Crippen molar-refractivity contribution in [3.63, 3.8) is 0 Å². The van der Waals surface area contributed by atoms with Crippen LogP contribution in [0.1, 0.15) is 6.92 Å². The monoisotopic (exact) mass is 179 g/mol. The Hall–Kier alpha value is -0.320. The molecule has 2 atom stereocenters. The highest BCUT2D eigenvalue weighted by Gasteiger charge is 2.29. The summed E-state index contributed by atoms with van der Waals surface area (Å²) in [4.78, 5) is 4.09. The van der Waals surface area contributed by atoms with Gasteiger partial charge < -0.3 is 21.8 Å². The summed E-state index contributed by atoms with van der Waals surface area (Å²) >= 11 is 0. The molecule has 0 aliphatic rings. The molecule has 9 N–H and O–H groups in total. The van der Waals surface area contributed by atoms with Crippen molar-refractivity contribution in [2.24, 2.45) is 23.2 Å². The van der Waals surface area contributed by atoms with Gasteiger partial charge in [0.05, 0.1) is 0 Å². The van der Waals surface area contributed by atoms with E-state index in [9.17, 15) is 5.21 Å². The molecule has 8 nitrogen and oxygen atoms in total. The second-order valence-electron chi connectivity index (χ2n) is 2.62. The molecule has 0 radical (unpaired) electrons. The van der Waals surface area contributed by atoms with Gasteiger partial charge in [-0.05, 0) is 6.92 Å². The van der Waals surface area contributed by atoms with Crippen molar-refractivity contribution in [1.82, 2.24) is 10.7 Å². The van der Waals surface area contributed by atoms with Crippen molar-refractivity contribution in [2.45, 2.75) is 18.6 Å². The predicted molar refractivity (Wildman–Crippen MR) is 43.2 cm³/mol. The molecule has 2 unspecified atom stereocenters. The van der Waals surface area contributed by atoms with Crippen molar-refractivity contribution in [1.29, 1.82) is 0 Å². The molecule has 74 valence electrons. The topological polar surface area (TPSA) is 152 Å². The van der Waals surface area contributed by atoms with Crippen LogP contribution in [-0.4, -0.2) is 23.4 Å². The van der Waals surface area contributed by atoms with Gasteiger partial charge in [0, 0.05) is 12.6 Å². The van der Waals surface area contributed by atoms with Gasteiger partial charge in [0.2, 0.25) is 0 Å². The van der Waals surface area contributed by atoms with Crippen LogP contribution in [0.25, 0.3) is 0 Å². The van der Waals surface area contributed by atoms with Crippen LogP contribution in [0.4, 0.5) is 0 Å². The van der Waals surface area contributed by atoms with E-state index in [1.54, 1.807) is 6.92 Å². The molecule has 0 aromatic rings. The van der Waals surface area contributed by atoms with Crippen LogP contribution in [0, 0.1) is 5.21 Å². The Morgan fingerprint density at radius 1 is 1.75 bits per heavy atom. The van der Waals surface area contributed by atoms with Crippen LogP contribution in [0.15, 0.2) is 0 Å². The molecule has 0 aromatic heterocycles. The maximum Gasteiger partial charge on any atom is 0.120 e. The number of nitrogens with one attached hydrogen (secondary N) is 1. The first kappa shape index (κ1) is 11.7. The fraction of sp³-hybridized carbons (Fsp3) is 1.00. The Balaban J connectivity index is 4.18. The van der Waals surface area contributed by atoms with Gasteiger partial charge in [0.25, 0.3) is 0 Å². The zero-order valence-corrected chi connectivity index (χ0v) is 6.86. The van der Waals surface area contributed by atoms with E-state index in [1.165, 1.54) is 0 Å². The zero-order valence-electron chi connectivity index (χ0n) is 6.86. The largest absolute Gasteiger partial charge is 0.772 e. The van der Waals surface area contributed by atoms with Crippen LogP contribution in [0.2, 0.25) is 0 Å². The number of rotatable bonds is 5. The van der Waals surface area contributed by atoms with Gasteiger partial charge in [0.1, 0.15) is 5.66 Å². The van der Waals surface area contributed by atoms with Gasteiger partial charge in [-0.15, -0.1) is 0 Å². The average molecular weight is 179 g/mol. The third-order valence-corrected chi connectivity index (χ3v) is 1.48. The first-order valence-electron chi connectivity index (χ1n) is 3.29. The molecule has 0 bridgehead atoms. The molecule has 0 spiro atoms. The molecule has 0 aromatic carbocycles. The highest BCUT2D eigenvalue weighted by molar-refractivity contribution is 4.89. The smallest absolute Gasteiger partial charge is 0.120 e. The van der Waals surface area contributed by atoms with Crippen molar-refractivity contribution in [3.05, 3.63) is 5.21 Å². The number of hydrogen-bond donors (Lipinski definition) is 5. The van der Waals surface area contributed by atoms with E-state index in [4.69, 9.17) is 23.2 Å². The van der Waals surface area contributed by atoms with Crippen LogP contribution in [0.5, 0.6) is 0 Å². The second kappa shape index (κ2) is 4.64.